The van der Waals surface area contributed by atoms with Crippen LogP contribution in [0.3, 0.4) is 0 Å². The zero-order chi connectivity index (χ0) is 21.8. The van der Waals surface area contributed by atoms with Crippen LogP contribution in [0.1, 0.15) is 142 Å². The molecule has 0 aliphatic rings. The highest BCUT2D eigenvalue weighted by atomic mass is 16.4. The molecule has 2 N–H and O–H groups in total. The molecule has 0 aromatic carbocycles. The predicted molar refractivity (Wildman–Crippen MR) is 121 cm³/mol. The quantitative estimate of drug-likeness (QED) is 0.177. The van der Waals surface area contributed by atoms with Gasteiger partial charge >= 0.3 is 11.9 Å². The predicted octanol–water partition coefficient (Wildman–Crippen LogP) is 7.98. The zero-order valence-corrected chi connectivity index (χ0v) is 19.4. The Morgan fingerprint density at radius 1 is 0.586 bits per heavy atom. The Labute approximate surface area is 179 Å². The standard InChI is InChI=1S/C25H48O4/c1-3-5-6-15-18-21-25(4-2,24(28)29)22-19-16-13-11-9-7-8-10-12-14-17-20-23(26)27/h3-22H2,1-2H3,(H,26,27)(H,28,29). The third kappa shape index (κ3) is 15.4. The van der Waals surface area contributed by atoms with Gasteiger partial charge in [-0.05, 0) is 25.7 Å². The van der Waals surface area contributed by atoms with E-state index in [9.17, 15) is 14.7 Å². The van der Waals surface area contributed by atoms with Gasteiger partial charge in [0, 0.05) is 6.42 Å². The van der Waals surface area contributed by atoms with Gasteiger partial charge < -0.3 is 10.2 Å². The highest BCUT2D eigenvalue weighted by Crippen LogP contribution is 2.35. The van der Waals surface area contributed by atoms with Crippen molar-refractivity contribution >= 4 is 11.9 Å². The van der Waals surface area contributed by atoms with Crippen molar-refractivity contribution < 1.29 is 19.8 Å². The van der Waals surface area contributed by atoms with Gasteiger partial charge in [-0.15, -0.1) is 0 Å². The molecule has 4 heteroatoms. The zero-order valence-electron chi connectivity index (χ0n) is 19.4. The third-order valence-corrected chi connectivity index (χ3v) is 6.44. The summed E-state index contributed by atoms with van der Waals surface area (Å²) in [5.41, 5.74) is -0.493. The third-order valence-electron chi connectivity index (χ3n) is 6.44. The van der Waals surface area contributed by atoms with Crippen molar-refractivity contribution in [3.63, 3.8) is 0 Å². The second-order valence-corrected chi connectivity index (χ2v) is 8.89. The van der Waals surface area contributed by atoms with E-state index < -0.39 is 17.4 Å². The molecule has 0 bridgehead atoms. The first kappa shape index (κ1) is 27.9. The lowest BCUT2D eigenvalue weighted by molar-refractivity contribution is -0.150. The minimum Gasteiger partial charge on any atom is -0.481 e. The van der Waals surface area contributed by atoms with Crippen molar-refractivity contribution in [2.24, 2.45) is 5.41 Å². The summed E-state index contributed by atoms with van der Waals surface area (Å²) in [6, 6.07) is 0. The van der Waals surface area contributed by atoms with Crippen LogP contribution in [0, 0.1) is 5.41 Å². The first-order valence-electron chi connectivity index (χ1n) is 12.4. The number of hydrogen-bond acceptors (Lipinski definition) is 2. The van der Waals surface area contributed by atoms with E-state index >= 15 is 0 Å². The summed E-state index contributed by atoms with van der Waals surface area (Å²) < 4.78 is 0. The van der Waals surface area contributed by atoms with Gasteiger partial charge in [-0.1, -0.05) is 110 Å². The molecule has 0 heterocycles. The lowest BCUT2D eigenvalue weighted by Gasteiger charge is -2.28. The molecular formula is C25H48O4. The largest absolute Gasteiger partial charge is 0.481 e. The lowest BCUT2D eigenvalue weighted by atomic mass is 9.76. The molecule has 1 atom stereocenters. The van der Waals surface area contributed by atoms with Crippen LogP contribution in [0.4, 0.5) is 0 Å². The summed E-state index contributed by atoms with van der Waals surface area (Å²) in [6.45, 7) is 4.25. The molecular weight excluding hydrogens is 364 g/mol. The van der Waals surface area contributed by atoms with Crippen LogP contribution in [0.25, 0.3) is 0 Å². The average Bonchev–Trinajstić information content (AvgIpc) is 2.69. The van der Waals surface area contributed by atoms with E-state index in [1.165, 1.54) is 64.2 Å². The highest BCUT2D eigenvalue weighted by molar-refractivity contribution is 5.74. The highest BCUT2D eigenvalue weighted by Gasteiger charge is 2.35. The topological polar surface area (TPSA) is 74.6 Å². The minimum absolute atomic E-state index is 0.306. The van der Waals surface area contributed by atoms with E-state index in [0.717, 1.165) is 57.8 Å². The van der Waals surface area contributed by atoms with E-state index in [0.29, 0.717) is 6.42 Å². The van der Waals surface area contributed by atoms with Gasteiger partial charge in [0.05, 0.1) is 5.41 Å². The first-order valence-corrected chi connectivity index (χ1v) is 12.4. The summed E-state index contributed by atoms with van der Waals surface area (Å²) in [4.78, 5) is 22.3. The Hall–Kier alpha value is -1.06. The van der Waals surface area contributed by atoms with Gasteiger partial charge in [-0.2, -0.15) is 0 Å². The van der Waals surface area contributed by atoms with Crippen molar-refractivity contribution in [3.05, 3.63) is 0 Å². The van der Waals surface area contributed by atoms with Crippen molar-refractivity contribution in [2.75, 3.05) is 0 Å². The van der Waals surface area contributed by atoms with Gasteiger partial charge in [0.15, 0.2) is 0 Å². The molecule has 0 fully saturated rings. The number of carboxylic acid groups (broad SMARTS) is 2. The maximum absolute atomic E-state index is 11.9. The Morgan fingerprint density at radius 3 is 1.31 bits per heavy atom. The average molecular weight is 413 g/mol. The fourth-order valence-electron chi connectivity index (χ4n) is 4.24. The Morgan fingerprint density at radius 2 is 0.966 bits per heavy atom. The second-order valence-electron chi connectivity index (χ2n) is 8.89. The molecule has 4 nitrogen and oxygen atoms in total. The van der Waals surface area contributed by atoms with E-state index in [4.69, 9.17) is 5.11 Å². The summed E-state index contributed by atoms with van der Waals surface area (Å²) in [6.07, 6.45) is 21.3. The molecule has 0 saturated carbocycles. The van der Waals surface area contributed by atoms with Crippen molar-refractivity contribution in [1.29, 1.82) is 0 Å². The minimum atomic E-state index is -0.684. The van der Waals surface area contributed by atoms with Gasteiger partial charge in [0.25, 0.3) is 0 Å². The van der Waals surface area contributed by atoms with E-state index in [-0.39, 0.29) is 0 Å². The van der Waals surface area contributed by atoms with Gasteiger partial charge in [0.2, 0.25) is 0 Å². The molecule has 0 rings (SSSR count). The molecule has 0 amide bonds. The van der Waals surface area contributed by atoms with Crippen molar-refractivity contribution in [3.8, 4) is 0 Å². The maximum atomic E-state index is 11.9. The first-order chi connectivity index (χ1) is 14.0. The molecule has 0 radical (unpaired) electrons. The number of carboxylic acids is 2. The summed E-state index contributed by atoms with van der Waals surface area (Å²) in [7, 11) is 0. The summed E-state index contributed by atoms with van der Waals surface area (Å²) >= 11 is 0. The number of carbonyl (C=O) groups is 2. The molecule has 1 unspecified atom stereocenters. The molecule has 0 aromatic heterocycles. The molecule has 29 heavy (non-hydrogen) atoms. The van der Waals surface area contributed by atoms with Crippen LogP contribution in [-0.4, -0.2) is 22.2 Å². The van der Waals surface area contributed by atoms with Crippen LogP contribution >= 0.6 is 0 Å². The lowest BCUT2D eigenvalue weighted by Crippen LogP contribution is -2.30. The number of unbranched alkanes of at least 4 members (excludes halogenated alkanes) is 14. The number of hydrogen-bond donors (Lipinski definition) is 2. The SMILES string of the molecule is CCCCCCCC(CC)(CCCCCCCCCCCCCC(=O)O)C(=O)O. The molecule has 0 aliphatic carbocycles. The summed E-state index contributed by atoms with van der Waals surface area (Å²) in [5.74, 6) is -1.27. The smallest absolute Gasteiger partial charge is 0.309 e. The van der Waals surface area contributed by atoms with Crippen LogP contribution in [0.5, 0.6) is 0 Å². The number of rotatable bonds is 22. The molecule has 0 aromatic rings. The van der Waals surface area contributed by atoms with E-state index in [1.807, 2.05) is 6.92 Å². The fourth-order valence-corrected chi connectivity index (χ4v) is 4.24. The van der Waals surface area contributed by atoms with Crippen LogP contribution < -0.4 is 0 Å². The maximum Gasteiger partial charge on any atom is 0.309 e. The molecule has 0 spiro atoms. The van der Waals surface area contributed by atoms with Crippen LogP contribution in [0.15, 0.2) is 0 Å². The van der Waals surface area contributed by atoms with Crippen LogP contribution in [0.2, 0.25) is 0 Å². The second kappa shape index (κ2) is 18.9. The Balaban J connectivity index is 3.72. The normalized spacial score (nSPS) is 13.3. The van der Waals surface area contributed by atoms with E-state index in [2.05, 4.69) is 6.92 Å². The number of aliphatic carboxylic acids is 2. The van der Waals surface area contributed by atoms with E-state index in [1.54, 1.807) is 0 Å². The van der Waals surface area contributed by atoms with Gasteiger partial charge in [-0.25, -0.2) is 0 Å². The van der Waals surface area contributed by atoms with Crippen molar-refractivity contribution in [1.82, 2.24) is 0 Å². The molecule has 0 aliphatic heterocycles. The summed E-state index contributed by atoms with van der Waals surface area (Å²) in [5, 5.41) is 18.4. The van der Waals surface area contributed by atoms with Gasteiger partial charge in [0.1, 0.15) is 0 Å². The monoisotopic (exact) mass is 412 g/mol. The molecule has 172 valence electrons. The molecule has 0 saturated heterocycles. The van der Waals surface area contributed by atoms with Crippen molar-refractivity contribution in [2.45, 2.75) is 142 Å². The van der Waals surface area contributed by atoms with Gasteiger partial charge in [-0.3, -0.25) is 9.59 Å². The Bertz CT molecular complexity index is 408. The Kier molecular flexibility index (Phi) is 18.2. The fraction of sp³-hybridized carbons (Fsp3) is 0.920. The van der Waals surface area contributed by atoms with Crippen LogP contribution in [-0.2, 0) is 9.59 Å².